The Morgan fingerprint density at radius 1 is 1.17 bits per heavy atom. The van der Waals surface area contributed by atoms with Crippen molar-refractivity contribution in [2.75, 3.05) is 11.6 Å². The molecule has 0 fully saturated rings. The highest BCUT2D eigenvalue weighted by molar-refractivity contribution is 7.90. The smallest absolute Gasteiger partial charge is 0.252 e. The van der Waals surface area contributed by atoms with Crippen LogP contribution in [-0.4, -0.2) is 43.8 Å². The number of benzene rings is 1. The Hall–Kier alpha value is -3.27. The Kier molecular flexibility index (Phi) is 5.02. The highest BCUT2D eigenvalue weighted by Crippen LogP contribution is 2.23. The van der Waals surface area contributed by atoms with Gasteiger partial charge in [-0.15, -0.1) is 0 Å². The molecular weight excluding hydrogens is 402 g/mol. The van der Waals surface area contributed by atoms with Crippen molar-refractivity contribution in [2.45, 2.75) is 38.4 Å². The summed E-state index contributed by atoms with van der Waals surface area (Å²) in [5.74, 6) is 1.34. The summed E-state index contributed by atoms with van der Waals surface area (Å²) in [6.07, 6.45) is 6.46. The normalized spacial score (nSPS) is 12.0. The van der Waals surface area contributed by atoms with Gasteiger partial charge in [0.05, 0.1) is 11.9 Å². The van der Waals surface area contributed by atoms with Gasteiger partial charge >= 0.3 is 0 Å². The molecule has 0 atom stereocenters. The van der Waals surface area contributed by atoms with Gasteiger partial charge in [-0.05, 0) is 24.5 Å². The zero-order valence-corrected chi connectivity index (χ0v) is 18.1. The molecule has 4 rings (SSSR count). The minimum Gasteiger partial charge on any atom is -0.350 e. The van der Waals surface area contributed by atoms with E-state index < -0.39 is 9.84 Å². The van der Waals surface area contributed by atoms with Crippen molar-refractivity contribution in [1.82, 2.24) is 29.1 Å². The first-order valence-corrected chi connectivity index (χ1v) is 11.4. The number of fused-ring (bicyclic) bond motifs is 1. The van der Waals surface area contributed by atoms with E-state index in [1.165, 1.54) is 0 Å². The Balaban J connectivity index is 1.76. The molecule has 1 N–H and O–H groups in total. The van der Waals surface area contributed by atoms with Crippen molar-refractivity contribution in [1.29, 1.82) is 0 Å². The molecule has 0 aliphatic carbocycles. The molecule has 0 amide bonds. The number of imidazole rings is 1. The topological polar surface area (TPSA) is 107 Å². The van der Waals surface area contributed by atoms with Crippen LogP contribution in [0.15, 0.2) is 48.0 Å². The molecule has 0 aliphatic heterocycles. The number of nitrogens with one attached hydrogen (secondary N) is 1. The highest BCUT2D eigenvalue weighted by atomic mass is 32.2. The third-order valence-electron chi connectivity index (χ3n) is 4.84. The van der Waals surface area contributed by atoms with E-state index in [1.807, 2.05) is 55.8 Å². The van der Waals surface area contributed by atoms with Crippen LogP contribution >= 0.6 is 0 Å². The summed E-state index contributed by atoms with van der Waals surface area (Å²) in [7, 11) is -3.59. The Labute approximate surface area is 174 Å². The fourth-order valence-electron chi connectivity index (χ4n) is 3.26. The molecule has 0 aliphatic rings. The van der Waals surface area contributed by atoms with E-state index in [9.17, 15) is 8.42 Å². The van der Waals surface area contributed by atoms with E-state index in [0.717, 1.165) is 28.9 Å². The van der Waals surface area contributed by atoms with Gasteiger partial charge in [0.15, 0.2) is 5.65 Å². The minimum atomic E-state index is -3.59. The number of hydrogen-bond donors (Lipinski definition) is 1. The van der Waals surface area contributed by atoms with Crippen molar-refractivity contribution in [3.63, 3.8) is 0 Å². The molecular formula is C20H23N7O2S. The van der Waals surface area contributed by atoms with Crippen LogP contribution in [0.25, 0.3) is 11.3 Å². The molecule has 0 unspecified atom stereocenters. The van der Waals surface area contributed by atoms with Gasteiger partial charge in [-0.3, -0.25) is 0 Å². The lowest BCUT2D eigenvalue weighted by Crippen LogP contribution is -2.14. The third kappa shape index (κ3) is 3.65. The number of sulfone groups is 1. The number of para-hydroxylation sites is 1. The van der Waals surface area contributed by atoms with Crippen molar-refractivity contribution >= 4 is 21.4 Å². The van der Waals surface area contributed by atoms with Crippen LogP contribution < -0.4 is 5.32 Å². The van der Waals surface area contributed by atoms with Gasteiger partial charge in [-0.25, -0.2) is 13.4 Å². The Morgan fingerprint density at radius 3 is 2.60 bits per heavy atom. The third-order valence-corrected chi connectivity index (χ3v) is 5.69. The van der Waals surface area contributed by atoms with E-state index in [-0.39, 0.29) is 11.1 Å². The average molecular weight is 426 g/mol. The van der Waals surface area contributed by atoms with Gasteiger partial charge in [0, 0.05) is 30.8 Å². The Morgan fingerprint density at radius 2 is 1.93 bits per heavy atom. The summed E-state index contributed by atoms with van der Waals surface area (Å²) >= 11 is 0. The van der Waals surface area contributed by atoms with Crippen LogP contribution in [0.4, 0.5) is 5.95 Å². The monoisotopic (exact) mass is 425 g/mol. The highest BCUT2D eigenvalue weighted by Gasteiger charge is 2.20. The maximum atomic E-state index is 12.2. The number of nitrogens with zero attached hydrogens (tertiary/aromatic N) is 6. The first-order valence-electron chi connectivity index (χ1n) is 9.53. The van der Waals surface area contributed by atoms with E-state index in [1.54, 1.807) is 16.9 Å². The SMILES string of the molecule is Cc1nccn1-c1ccccc1CNc1nc(S(C)(=O)=O)nc2c(C(C)C)cnn12. The summed E-state index contributed by atoms with van der Waals surface area (Å²) in [5, 5.41) is 7.40. The van der Waals surface area contributed by atoms with Gasteiger partial charge < -0.3 is 9.88 Å². The standard InChI is InChI=1S/C20H23N7O2S/c1-13(2)16-12-23-27-18(16)24-20(30(4,28)29)25-19(27)22-11-15-7-5-6-8-17(15)26-10-9-21-14(26)3/h5-10,12-13H,11H2,1-4H3,(H,22,24,25). The van der Waals surface area contributed by atoms with Crippen LogP contribution in [0.3, 0.4) is 0 Å². The molecule has 0 saturated heterocycles. The number of hydrogen-bond acceptors (Lipinski definition) is 7. The van der Waals surface area contributed by atoms with Crippen LogP contribution in [0.1, 0.15) is 36.7 Å². The van der Waals surface area contributed by atoms with Crippen LogP contribution in [0.2, 0.25) is 0 Å². The summed E-state index contributed by atoms with van der Waals surface area (Å²) in [4.78, 5) is 12.8. The second-order valence-electron chi connectivity index (χ2n) is 7.42. The Bertz CT molecular complexity index is 1320. The molecule has 0 bridgehead atoms. The molecule has 0 saturated carbocycles. The molecule has 3 heterocycles. The zero-order chi connectivity index (χ0) is 21.5. The summed E-state index contributed by atoms with van der Waals surface area (Å²) in [5.41, 5.74) is 3.33. The number of anilines is 1. The molecule has 4 aromatic rings. The number of aromatic nitrogens is 6. The number of rotatable bonds is 6. The molecule has 9 nitrogen and oxygen atoms in total. The lowest BCUT2D eigenvalue weighted by Gasteiger charge is -2.14. The largest absolute Gasteiger partial charge is 0.350 e. The second-order valence-corrected chi connectivity index (χ2v) is 9.33. The van der Waals surface area contributed by atoms with Gasteiger partial charge in [0.2, 0.25) is 15.8 Å². The average Bonchev–Trinajstić information content (AvgIpc) is 3.31. The van der Waals surface area contributed by atoms with Crippen molar-refractivity contribution < 1.29 is 8.42 Å². The fraction of sp³-hybridized carbons (Fsp3) is 0.300. The van der Waals surface area contributed by atoms with Gasteiger partial charge in [0.1, 0.15) is 5.82 Å². The van der Waals surface area contributed by atoms with E-state index >= 15 is 0 Å². The summed E-state index contributed by atoms with van der Waals surface area (Å²) in [6.45, 7) is 6.37. The lowest BCUT2D eigenvalue weighted by molar-refractivity contribution is 0.592. The first kappa shape index (κ1) is 20.0. The minimum absolute atomic E-state index is 0.141. The van der Waals surface area contributed by atoms with Crippen molar-refractivity contribution in [3.05, 3.63) is 59.8 Å². The van der Waals surface area contributed by atoms with E-state index in [4.69, 9.17) is 0 Å². The van der Waals surface area contributed by atoms with Crippen molar-refractivity contribution in [2.24, 2.45) is 0 Å². The van der Waals surface area contributed by atoms with E-state index in [2.05, 4.69) is 25.4 Å². The van der Waals surface area contributed by atoms with E-state index in [0.29, 0.717) is 18.1 Å². The molecule has 156 valence electrons. The first-order chi connectivity index (χ1) is 14.3. The fourth-order valence-corrected chi connectivity index (χ4v) is 3.77. The molecule has 10 heteroatoms. The maximum Gasteiger partial charge on any atom is 0.252 e. The second kappa shape index (κ2) is 7.52. The molecule has 1 aromatic carbocycles. The van der Waals surface area contributed by atoms with Crippen LogP contribution in [0.5, 0.6) is 0 Å². The number of aryl methyl sites for hydroxylation is 1. The zero-order valence-electron chi connectivity index (χ0n) is 17.2. The summed E-state index contributed by atoms with van der Waals surface area (Å²) in [6, 6.07) is 7.93. The van der Waals surface area contributed by atoms with Gasteiger partial charge in [0.25, 0.3) is 5.16 Å². The maximum absolute atomic E-state index is 12.2. The van der Waals surface area contributed by atoms with Gasteiger partial charge in [-0.1, -0.05) is 32.0 Å². The lowest BCUT2D eigenvalue weighted by atomic mass is 10.1. The predicted octanol–water partition coefficient (Wildman–Crippen LogP) is 2.76. The van der Waals surface area contributed by atoms with Gasteiger partial charge in [-0.2, -0.15) is 19.6 Å². The molecule has 30 heavy (non-hydrogen) atoms. The molecule has 0 radical (unpaired) electrons. The van der Waals surface area contributed by atoms with Crippen molar-refractivity contribution in [3.8, 4) is 5.69 Å². The molecule has 0 spiro atoms. The quantitative estimate of drug-likeness (QED) is 0.506. The molecule has 3 aromatic heterocycles. The van der Waals surface area contributed by atoms with Crippen LogP contribution in [-0.2, 0) is 16.4 Å². The van der Waals surface area contributed by atoms with Crippen LogP contribution in [0, 0.1) is 6.92 Å². The summed E-state index contributed by atoms with van der Waals surface area (Å²) < 4.78 is 27.9. The predicted molar refractivity (Wildman–Crippen MR) is 114 cm³/mol.